The Morgan fingerprint density at radius 3 is 2.69 bits per heavy atom. The molecule has 2 unspecified atom stereocenters. The summed E-state index contributed by atoms with van der Waals surface area (Å²) in [5.74, 6) is -1.24. The molecule has 0 aromatic carbocycles. The molecule has 0 aliphatic carbocycles. The third-order valence-electron chi connectivity index (χ3n) is 1.56. The minimum absolute atomic E-state index is 0.326. The van der Waals surface area contributed by atoms with Crippen molar-refractivity contribution >= 4 is 7.60 Å². The zero-order chi connectivity index (χ0) is 10.3. The number of unbranched alkanes of at least 4 members (excludes halogenated alkanes) is 1. The van der Waals surface area contributed by atoms with E-state index in [0.29, 0.717) is 6.61 Å². The van der Waals surface area contributed by atoms with Gasteiger partial charge < -0.3 is 14.2 Å². The summed E-state index contributed by atoms with van der Waals surface area (Å²) in [6, 6.07) is 0. The lowest BCUT2D eigenvalue weighted by molar-refractivity contribution is 0.177. The van der Waals surface area contributed by atoms with Gasteiger partial charge in [-0.05, 0) is 6.42 Å². The van der Waals surface area contributed by atoms with Gasteiger partial charge in [0, 0.05) is 7.11 Å². The summed E-state index contributed by atoms with van der Waals surface area (Å²) in [6.45, 7) is 5.64. The zero-order valence-corrected chi connectivity index (χ0v) is 9.00. The van der Waals surface area contributed by atoms with E-state index in [9.17, 15) is 9.67 Å². The van der Waals surface area contributed by atoms with Crippen LogP contribution in [-0.2, 0) is 13.6 Å². The topological polar surface area (TPSA) is 55.8 Å². The molecule has 0 spiro atoms. The van der Waals surface area contributed by atoms with Crippen molar-refractivity contribution in [1.29, 1.82) is 0 Å². The fourth-order valence-corrected chi connectivity index (χ4v) is 1.82. The zero-order valence-electron chi connectivity index (χ0n) is 8.10. The lowest BCUT2D eigenvalue weighted by atomic mass is 10.4. The van der Waals surface area contributed by atoms with Gasteiger partial charge in [-0.3, -0.25) is 4.57 Å². The van der Waals surface area contributed by atoms with Gasteiger partial charge in [0.05, 0.1) is 6.61 Å². The smallest absolute Gasteiger partial charge is 0.362 e. The molecule has 0 aromatic rings. The third kappa shape index (κ3) is 4.05. The van der Waals surface area contributed by atoms with Gasteiger partial charge in [-0.15, -0.1) is 0 Å². The fourth-order valence-electron chi connectivity index (χ4n) is 0.702. The van der Waals surface area contributed by atoms with Crippen molar-refractivity contribution in [2.24, 2.45) is 0 Å². The van der Waals surface area contributed by atoms with Crippen LogP contribution in [0.1, 0.15) is 19.8 Å². The van der Waals surface area contributed by atoms with Crippen LogP contribution in [0.4, 0.5) is 0 Å². The number of rotatable bonds is 7. The summed E-state index contributed by atoms with van der Waals surface area (Å²) in [5, 5.41) is 9.25. The van der Waals surface area contributed by atoms with E-state index in [1.54, 1.807) is 0 Å². The summed E-state index contributed by atoms with van der Waals surface area (Å²) in [5.41, 5.74) is 0. The Bertz CT molecular complexity index is 193. The molecular weight excluding hydrogens is 191 g/mol. The van der Waals surface area contributed by atoms with E-state index in [4.69, 9.17) is 4.52 Å². The van der Waals surface area contributed by atoms with Crippen LogP contribution in [0.2, 0.25) is 0 Å². The van der Waals surface area contributed by atoms with Crippen molar-refractivity contribution in [2.75, 3.05) is 13.7 Å². The van der Waals surface area contributed by atoms with E-state index in [1.165, 1.54) is 7.11 Å². The lowest BCUT2D eigenvalue weighted by Crippen LogP contribution is -2.08. The summed E-state index contributed by atoms with van der Waals surface area (Å²) in [4.78, 5) is 0. The molecule has 0 saturated heterocycles. The molecule has 2 atom stereocenters. The number of hydrogen-bond donors (Lipinski definition) is 1. The van der Waals surface area contributed by atoms with Crippen LogP contribution in [0.3, 0.4) is 0 Å². The molecular formula is C8H17O4P. The minimum atomic E-state index is -3.38. The van der Waals surface area contributed by atoms with Crippen molar-refractivity contribution in [2.45, 2.75) is 25.6 Å². The van der Waals surface area contributed by atoms with Crippen LogP contribution in [0, 0.1) is 0 Å². The Hall–Kier alpha value is -0.150. The first kappa shape index (κ1) is 12.8. The molecule has 4 nitrogen and oxygen atoms in total. The van der Waals surface area contributed by atoms with Crippen LogP contribution >= 0.6 is 7.60 Å². The normalized spacial score (nSPS) is 17.8. The first-order valence-electron chi connectivity index (χ1n) is 4.21. The first-order valence-corrected chi connectivity index (χ1v) is 5.82. The summed E-state index contributed by atoms with van der Waals surface area (Å²) in [7, 11) is -2.13. The predicted octanol–water partition coefficient (Wildman–Crippen LogP) is 2.15. The average Bonchev–Trinajstić information content (AvgIpc) is 2.16. The van der Waals surface area contributed by atoms with E-state index in [0.717, 1.165) is 18.9 Å². The van der Waals surface area contributed by atoms with Gasteiger partial charge in [-0.1, -0.05) is 26.0 Å². The number of aliphatic hydroxyl groups excluding tert-OH is 1. The van der Waals surface area contributed by atoms with Crippen LogP contribution < -0.4 is 0 Å². The van der Waals surface area contributed by atoms with Crippen LogP contribution in [0.25, 0.3) is 0 Å². The fraction of sp³-hybridized carbons (Fsp3) is 0.750. The molecule has 0 radical (unpaired) electrons. The van der Waals surface area contributed by atoms with Gasteiger partial charge in [0.15, 0.2) is 5.85 Å². The van der Waals surface area contributed by atoms with Crippen molar-refractivity contribution in [1.82, 2.24) is 0 Å². The van der Waals surface area contributed by atoms with Crippen molar-refractivity contribution in [3.63, 3.8) is 0 Å². The standard InChI is InChI=1S/C8H17O4P/c1-4-6-7-12-13(10,11-3)8(9)5-2/h5,8-9H,2,4,6-7H2,1,3H3. The molecule has 0 aliphatic rings. The van der Waals surface area contributed by atoms with Crippen LogP contribution in [0.15, 0.2) is 12.7 Å². The highest BCUT2D eigenvalue weighted by Gasteiger charge is 2.30. The highest BCUT2D eigenvalue weighted by molar-refractivity contribution is 7.54. The Kier molecular flexibility index (Phi) is 6.25. The molecule has 0 saturated carbocycles. The summed E-state index contributed by atoms with van der Waals surface area (Å²) in [6.07, 6.45) is 2.88. The average molecular weight is 208 g/mol. The highest BCUT2D eigenvalue weighted by atomic mass is 31.2. The largest absolute Gasteiger partial charge is 0.377 e. The molecule has 0 aromatic heterocycles. The minimum Gasteiger partial charge on any atom is -0.377 e. The maximum absolute atomic E-state index is 11.6. The molecule has 0 bridgehead atoms. The monoisotopic (exact) mass is 208 g/mol. The molecule has 1 N–H and O–H groups in total. The Morgan fingerprint density at radius 1 is 1.69 bits per heavy atom. The van der Waals surface area contributed by atoms with Crippen molar-refractivity contribution in [3.8, 4) is 0 Å². The van der Waals surface area contributed by atoms with Gasteiger partial charge in [0.1, 0.15) is 0 Å². The molecule has 0 fully saturated rings. The lowest BCUT2D eigenvalue weighted by Gasteiger charge is -2.18. The van der Waals surface area contributed by atoms with E-state index < -0.39 is 13.4 Å². The van der Waals surface area contributed by atoms with Gasteiger partial charge in [-0.2, -0.15) is 0 Å². The molecule has 0 amide bonds. The highest BCUT2D eigenvalue weighted by Crippen LogP contribution is 2.51. The quantitative estimate of drug-likeness (QED) is 0.395. The molecule has 0 heterocycles. The van der Waals surface area contributed by atoms with Crippen LogP contribution in [-0.4, -0.2) is 24.7 Å². The van der Waals surface area contributed by atoms with E-state index in [1.807, 2.05) is 6.92 Å². The predicted molar refractivity (Wildman–Crippen MR) is 51.7 cm³/mol. The van der Waals surface area contributed by atoms with Crippen molar-refractivity contribution in [3.05, 3.63) is 12.7 Å². The Balaban J connectivity index is 4.12. The van der Waals surface area contributed by atoms with Gasteiger partial charge >= 0.3 is 7.60 Å². The molecule has 0 aliphatic heterocycles. The number of hydrogen-bond acceptors (Lipinski definition) is 4. The molecule has 5 heteroatoms. The Labute approximate surface area is 79.1 Å². The molecule has 13 heavy (non-hydrogen) atoms. The van der Waals surface area contributed by atoms with E-state index >= 15 is 0 Å². The SMILES string of the molecule is C=CC(O)P(=O)(OC)OCCCC. The van der Waals surface area contributed by atoms with E-state index in [-0.39, 0.29) is 0 Å². The summed E-state index contributed by atoms with van der Waals surface area (Å²) < 4.78 is 21.3. The second kappa shape index (κ2) is 6.33. The third-order valence-corrected chi connectivity index (χ3v) is 3.47. The maximum atomic E-state index is 11.6. The van der Waals surface area contributed by atoms with E-state index in [2.05, 4.69) is 11.1 Å². The molecule has 78 valence electrons. The van der Waals surface area contributed by atoms with Gasteiger partial charge in [-0.25, -0.2) is 0 Å². The number of aliphatic hydroxyl groups is 1. The second-order valence-corrected chi connectivity index (χ2v) is 4.79. The summed E-state index contributed by atoms with van der Waals surface area (Å²) >= 11 is 0. The van der Waals surface area contributed by atoms with Gasteiger partial charge in [0.2, 0.25) is 0 Å². The van der Waals surface area contributed by atoms with Crippen LogP contribution in [0.5, 0.6) is 0 Å². The second-order valence-electron chi connectivity index (χ2n) is 2.56. The molecule has 0 rings (SSSR count). The van der Waals surface area contributed by atoms with Crippen molar-refractivity contribution < 1.29 is 18.7 Å². The Morgan fingerprint density at radius 2 is 2.31 bits per heavy atom. The first-order chi connectivity index (χ1) is 6.10. The van der Waals surface area contributed by atoms with Gasteiger partial charge in [0.25, 0.3) is 0 Å². The maximum Gasteiger partial charge on any atom is 0.362 e.